The Morgan fingerprint density at radius 2 is 1.71 bits per heavy atom. The van der Waals surface area contributed by atoms with Gasteiger partial charge in [0, 0.05) is 6.54 Å². The average molecular weight is 313 g/mol. The predicted octanol–water partition coefficient (Wildman–Crippen LogP) is 2.19. The van der Waals surface area contributed by atoms with E-state index in [-0.39, 0.29) is 12.3 Å². The van der Waals surface area contributed by atoms with E-state index in [0.29, 0.717) is 12.5 Å². The van der Waals surface area contributed by atoms with Crippen LogP contribution in [0.25, 0.3) is 0 Å². The number of phenols is 1. The maximum atomic E-state index is 13.4. The fraction of sp³-hybridized carbons (Fsp3) is 0.143. The molecule has 2 N–H and O–H groups in total. The summed E-state index contributed by atoms with van der Waals surface area (Å²) in [6, 6.07) is 8.51. The van der Waals surface area contributed by atoms with Crippen molar-refractivity contribution in [2.24, 2.45) is 0 Å². The van der Waals surface area contributed by atoms with Gasteiger partial charge in [-0.05, 0) is 42.3 Å². The van der Waals surface area contributed by atoms with Gasteiger partial charge in [0.1, 0.15) is 22.3 Å². The van der Waals surface area contributed by atoms with Crippen LogP contribution in [0, 0.1) is 11.6 Å². The second kappa shape index (κ2) is 6.19. The Labute approximate surface area is 121 Å². The lowest BCUT2D eigenvalue weighted by molar-refractivity contribution is 0.475. The summed E-state index contributed by atoms with van der Waals surface area (Å²) in [6.45, 7) is 0.0308. The maximum absolute atomic E-state index is 13.4. The molecular formula is C14H13F2NO3S. The average Bonchev–Trinajstić information content (AvgIpc) is 2.43. The Hall–Kier alpha value is -1.99. The highest BCUT2D eigenvalue weighted by Gasteiger charge is 2.19. The highest BCUT2D eigenvalue weighted by Crippen LogP contribution is 2.15. The minimum Gasteiger partial charge on any atom is -0.508 e. The molecule has 21 heavy (non-hydrogen) atoms. The Balaban J connectivity index is 2.04. The summed E-state index contributed by atoms with van der Waals surface area (Å²) in [5, 5.41) is 9.13. The molecule has 0 aliphatic heterocycles. The minimum atomic E-state index is -4.11. The Bertz CT molecular complexity index is 730. The molecule has 0 saturated heterocycles. The fourth-order valence-corrected chi connectivity index (χ4v) is 2.87. The SMILES string of the molecule is O=S(=O)(NCCc1ccc(O)cc1)c1cc(F)ccc1F. The molecule has 2 aromatic carbocycles. The van der Waals surface area contributed by atoms with Gasteiger partial charge in [-0.15, -0.1) is 0 Å². The number of hydrogen-bond donors (Lipinski definition) is 2. The van der Waals surface area contributed by atoms with Crippen molar-refractivity contribution in [2.75, 3.05) is 6.54 Å². The molecule has 0 aliphatic carbocycles. The first kappa shape index (κ1) is 15.4. The largest absolute Gasteiger partial charge is 0.508 e. The second-order valence-electron chi connectivity index (χ2n) is 4.39. The molecule has 0 fully saturated rings. The van der Waals surface area contributed by atoms with Crippen molar-refractivity contribution in [1.29, 1.82) is 0 Å². The zero-order valence-electron chi connectivity index (χ0n) is 10.9. The van der Waals surface area contributed by atoms with Crippen LogP contribution in [0.5, 0.6) is 5.75 Å². The Kier molecular flexibility index (Phi) is 4.54. The highest BCUT2D eigenvalue weighted by molar-refractivity contribution is 7.89. The highest BCUT2D eigenvalue weighted by atomic mass is 32.2. The summed E-state index contributed by atoms with van der Waals surface area (Å²) in [5.74, 6) is -1.72. The van der Waals surface area contributed by atoms with Crippen LogP contribution in [-0.2, 0) is 16.4 Å². The fourth-order valence-electron chi connectivity index (χ4n) is 1.75. The monoisotopic (exact) mass is 313 g/mol. The van der Waals surface area contributed by atoms with Crippen LogP contribution >= 0.6 is 0 Å². The standard InChI is InChI=1S/C14H13F2NO3S/c15-11-3-6-13(16)14(9-11)21(19,20)17-8-7-10-1-4-12(18)5-2-10/h1-6,9,17-18H,7-8H2. The number of phenolic OH excluding ortho intramolecular Hbond substituents is 1. The van der Waals surface area contributed by atoms with Gasteiger partial charge >= 0.3 is 0 Å². The van der Waals surface area contributed by atoms with Gasteiger partial charge < -0.3 is 5.11 Å². The predicted molar refractivity (Wildman–Crippen MR) is 73.4 cm³/mol. The summed E-state index contributed by atoms with van der Waals surface area (Å²) in [4.78, 5) is -0.715. The minimum absolute atomic E-state index is 0.0308. The van der Waals surface area contributed by atoms with Crippen LogP contribution in [0.3, 0.4) is 0 Å². The zero-order chi connectivity index (χ0) is 15.5. The van der Waals surface area contributed by atoms with Crippen molar-refractivity contribution < 1.29 is 22.3 Å². The third kappa shape index (κ3) is 3.99. The smallest absolute Gasteiger partial charge is 0.243 e. The summed E-state index contributed by atoms with van der Waals surface area (Å²) in [7, 11) is -4.11. The number of nitrogens with one attached hydrogen (secondary N) is 1. The van der Waals surface area contributed by atoms with E-state index in [2.05, 4.69) is 4.72 Å². The topological polar surface area (TPSA) is 66.4 Å². The van der Waals surface area contributed by atoms with Gasteiger partial charge in [0.25, 0.3) is 0 Å². The van der Waals surface area contributed by atoms with E-state index in [1.807, 2.05) is 0 Å². The van der Waals surface area contributed by atoms with Crippen molar-refractivity contribution in [2.45, 2.75) is 11.3 Å². The first-order chi connectivity index (χ1) is 9.88. The molecule has 4 nitrogen and oxygen atoms in total. The van der Waals surface area contributed by atoms with Gasteiger partial charge in [-0.25, -0.2) is 21.9 Å². The molecule has 0 aromatic heterocycles. The van der Waals surface area contributed by atoms with Gasteiger partial charge in [0.05, 0.1) is 0 Å². The lowest BCUT2D eigenvalue weighted by atomic mass is 10.1. The summed E-state index contributed by atoms with van der Waals surface area (Å²) in [5.41, 5.74) is 0.801. The molecule has 0 aliphatic rings. The first-order valence-electron chi connectivity index (χ1n) is 6.11. The summed E-state index contributed by atoms with van der Waals surface area (Å²) in [6.07, 6.45) is 0.358. The first-order valence-corrected chi connectivity index (χ1v) is 7.59. The van der Waals surface area contributed by atoms with Gasteiger partial charge in [-0.3, -0.25) is 0 Å². The van der Waals surface area contributed by atoms with E-state index in [1.54, 1.807) is 12.1 Å². The normalized spacial score (nSPS) is 11.5. The molecule has 0 heterocycles. The van der Waals surface area contributed by atoms with E-state index in [1.165, 1.54) is 12.1 Å². The third-order valence-corrected chi connectivity index (χ3v) is 4.30. The zero-order valence-corrected chi connectivity index (χ0v) is 11.7. The van der Waals surface area contributed by atoms with Crippen LogP contribution in [0.2, 0.25) is 0 Å². The molecule has 0 atom stereocenters. The van der Waals surface area contributed by atoms with Crippen molar-refractivity contribution in [3.8, 4) is 5.75 Å². The van der Waals surface area contributed by atoms with Crippen LogP contribution in [0.1, 0.15) is 5.56 Å². The van der Waals surface area contributed by atoms with E-state index in [4.69, 9.17) is 5.11 Å². The number of aromatic hydroxyl groups is 1. The molecule has 112 valence electrons. The van der Waals surface area contributed by atoms with Crippen LogP contribution in [-0.4, -0.2) is 20.1 Å². The molecule has 0 bridgehead atoms. The van der Waals surface area contributed by atoms with E-state index in [9.17, 15) is 17.2 Å². The van der Waals surface area contributed by atoms with Crippen molar-refractivity contribution in [3.05, 3.63) is 59.7 Å². The number of benzene rings is 2. The van der Waals surface area contributed by atoms with Gasteiger partial charge in [0.2, 0.25) is 10.0 Å². The lowest BCUT2D eigenvalue weighted by Crippen LogP contribution is -2.27. The number of rotatable bonds is 5. The van der Waals surface area contributed by atoms with Crippen molar-refractivity contribution >= 4 is 10.0 Å². The third-order valence-electron chi connectivity index (χ3n) is 2.82. The number of hydrogen-bond acceptors (Lipinski definition) is 3. The maximum Gasteiger partial charge on any atom is 0.243 e. The molecular weight excluding hydrogens is 300 g/mol. The van der Waals surface area contributed by atoms with E-state index >= 15 is 0 Å². The lowest BCUT2D eigenvalue weighted by Gasteiger charge is -2.08. The van der Waals surface area contributed by atoms with Crippen molar-refractivity contribution in [1.82, 2.24) is 4.72 Å². The summed E-state index contributed by atoms with van der Waals surface area (Å²) < 4.78 is 52.5. The molecule has 0 spiro atoms. The summed E-state index contributed by atoms with van der Waals surface area (Å²) >= 11 is 0. The number of sulfonamides is 1. The van der Waals surface area contributed by atoms with E-state index in [0.717, 1.165) is 17.7 Å². The Morgan fingerprint density at radius 1 is 1.05 bits per heavy atom. The number of halogens is 2. The molecule has 2 rings (SSSR count). The molecule has 0 unspecified atom stereocenters. The molecule has 0 saturated carbocycles. The van der Waals surface area contributed by atoms with Gasteiger partial charge in [-0.2, -0.15) is 0 Å². The molecule has 2 aromatic rings. The van der Waals surface area contributed by atoms with Gasteiger partial charge in [0.15, 0.2) is 0 Å². The van der Waals surface area contributed by atoms with Crippen molar-refractivity contribution in [3.63, 3.8) is 0 Å². The van der Waals surface area contributed by atoms with Crippen LogP contribution in [0.15, 0.2) is 47.4 Å². The molecule has 7 heteroatoms. The van der Waals surface area contributed by atoms with Crippen LogP contribution < -0.4 is 4.72 Å². The molecule has 0 amide bonds. The van der Waals surface area contributed by atoms with Crippen LogP contribution in [0.4, 0.5) is 8.78 Å². The Morgan fingerprint density at radius 3 is 2.38 bits per heavy atom. The van der Waals surface area contributed by atoms with Gasteiger partial charge in [-0.1, -0.05) is 12.1 Å². The molecule has 0 radical (unpaired) electrons. The van der Waals surface area contributed by atoms with E-state index < -0.39 is 26.6 Å². The second-order valence-corrected chi connectivity index (χ2v) is 6.12. The quantitative estimate of drug-likeness (QED) is 0.889.